The van der Waals surface area contributed by atoms with Crippen LogP contribution in [0.2, 0.25) is 0 Å². The minimum Gasteiger partial charge on any atom is -0.371 e. The summed E-state index contributed by atoms with van der Waals surface area (Å²) >= 11 is 0. The zero-order valence-electron chi connectivity index (χ0n) is 18.7. The van der Waals surface area contributed by atoms with E-state index in [-0.39, 0.29) is 0 Å². The highest BCUT2D eigenvalue weighted by molar-refractivity contribution is 5.95. The average Bonchev–Trinajstić information content (AvgIpc) is 2.87. The van der Waals surface area contributed by atoms with E-state index < -0.39 is 0 Å². The predicted octanol–water partition coefficient (Wildman–Crippen LogP) is 7.37. The topological polar surface area (TPSA) is 18.8 Å². The van der Waals surface area contributed by atoms with E-state index in [4.69, 9.17) is 5.10 Å². The van der Waals surface area contributed by atoms with Crippen LogP contribution in [0.3, 0.4) is 0 Å². The molecule has 0 aliphatic heterocycles. The lowest BCUT2D eigenvalue weighted by molar-refractivity contribution is 0.866. The van der Waals surface area contributed by atoms with Gasteiger partial charge in [0.25, 0.3) is 0 Å². The molecule has 4 aromatic carbocycles. The van der Waals surface area contributed by atoms with Crippen molar-refractivity contribution < 1.29 is 0 Å². The van der Waals surface area contributed by atoms with Crippen LogP contribution in [0.1, 0.15) is 19.4 Å². The van der Waals surface area contributed by atoms with E-state index in [0.29, 0.717) is 0 Å². The van der Waals surface area contributed by atoms with Crippen LogP contribution in [0.4, 0.5) is 17.1 Å². The number of benzene rings is 4. The van der Waals surface area contributed by atoms with Crippen LogP contribution >= 0.6 is 0 Å². The van der Waals surface area contributed by atoms with E-state index in [0.717, 1.165) is 30.0 Å². The van der Waals surface area contributed by atoms with E-state index in [2.05, 4.69) is 91.5 Å². The van der Waals surface area contributed by atoms with Gasteiger partial charge in [0, 0.05) is 24.2 Å². The standard InChI is InChI=1S/C29H29N3/c1-3-31(4-2)29-25(17-14-22-28(29)24-15-8-5-9-16-24)23-30-32(26-18-10-6-11-19-26)27-20-12-7-13-21-27/h5-23H,3-4H2,1-2H3/b30-23+. The van der Waals surface area contributed by atoms with Crippen LogP contribution in [0, 0.1) is 0 Å². The maximum absolute atomic E-state index is 4.96. The van der Waals surface area contributed by atoms with Crippen molar-refractivity contribution in [2.45, 2.75) is 13.8 Å². The SMILES string of the molecule is CCN(CC)c1c(/C=N/N(c2ccccc2)c2ccccc2)cccc1-c1ccccc1. The van der Waals surface area contributed by atoms with Gasteiger partial charge in [0.1, 0.15) is 0 Å². The molecule has 0 heterocycles. The Balaban J connectivity index is 1.82. The fraction of sp³-hybridized carbons (Fsp3) is 0.138. The molecule has 0 saturated heterocycles. The molecule has 0 atom stereocenters. The first-order chi connectivity index (χ1) is 15.8. The first-order valence-electron chi connectivity index (χ1n) is 11.2. The Hall–Kier alpha value is -3.85. The Morgan fingerprint density at radius 2 is 1.16 bits per heavy atom. The number of hydrogen-bond donors (Lipinski definition) is 0. The third kappa shape index (κ3) is 4.73. The summed E-state index contributed by atoms with van der Waals surface area (Å²) in [5.74, 6) is 0. The summed E-state index contributed by atoms with van der Waals surface area (Å²) in [6, 6.07) is 37.6. The summed E-state index contributed by atoms with van der Waals surface area (Å²) < 4.78 is 0. The number of anilines is 3. The van der Waals surface area contributed by atoms with Gasteiger partial charge in [-0.15, -0.1) is 0 Å². The zero-order valence-corrected chi connectivity index (χ0v) is 18.7. The Morgan fingerprint density at radius 1 is 0.625 bits per heavy atom. The normalized spacial score (nSPS) is 10.9. The first kappa shape index (κ1) is 21.4. The van der Waals surface area contributed by atoms with E-state index >= 15 is 0 Å². The second-order valence-corrected chi connectivity index (χ2v) is 7.51. The number of nitrogens with zero attached hydrogens (tertiary/aromatic N) is 3. The lowest BCUT2D eigenvalue weighted by atomic mass is 9.99. The lowest BCUT2D eigenvalue weighted by Gasteiger charge is -2.27. The monoisotopic (exact) mass is 419 g/mol. The lowest BCUT2D eigenvalue weighted by Crippen LogP contribution is -2.24. The van der Waals surface area contributed by atoms with Crippen LogP contribution < -0.4 is 9.91 Å². The molecule has 0 aliphatic carbocycles. The van der Waals surface area contributed by atoms with Gasteiger partial charge in [-0.2, -0.15) is 5.10 Å². The highest BCUT2D eigenvalue weighted by Gasteiger charge is 2.15. The molecule has 0 aliphatic rings. The quantitative estimate of drug-likeness (QED) is 0.219. The Kier molecular flexibility index (Phi) is 6.98. The number of hydrazone groups is 1. The molecule has 0 bridgehead atoms. The van der Waals surface area contributed by atoms with Gasteiger partial charge >= 0.3 is 0 Å². The van der Waals surface area contributed by atoms with Crippen LogP contribution in [-0.4, -0.2) is 19.3 Å². The van der Waals surface area contributed by atoms with Crippen LogP contribution in [0.15, 0.2) is 114 Å². The summed E-state index contributed by atoms with van der Waals surface area (Å²) in [4.78, 5) is 2.40. The molecule has 0 saturated carbocycles. The summed E-state index contributed by atoms with van der Waals surface area (Å²) in [6.45, 7) is 6.27. The number of hydrogen-bond acceptors (Lipinski definition) is 3. The predicted molar refractivity (Wildman–Crippen MR) is 138 cm³/mol. The van der Waals surface area contributed by atoms with Gasteiger partial charge in [0.2, 0.25) is 0 Å². The summed E-state index contributed by atoms with van der Waals surface area (Å²) in [7, 11) is 0. The fourth-order valence-corrected chi connectivity index (χ4v) is 3.95. The third-order valence-electron chi connectivity index (χ3n) is 5.55. The van der Waals surface area contributed by atoms with Crippen molar-refractivity contribution >= 4 is 23.3 Å². The molecule has 0 radical (unpaired) electrons. The molecule has 0 spiro atoms. The van der Waals surface area contributed by atoms with Gasteiger partial charge in [-0.05, 0) is 43.7 Å². The molecule has 3 heteroatoms. The molecule has 4 rings (SSSR count). The molecular weight excluding hydrogens is 390 g/mol. The molecule has 0 amide bonds. The van der Waals surface area contributed by atoms with Crippen LogP contribution in [0.5, 0.6) is 0 Å². The van der Waals surface area contributed by atoms with Gasteiger partial charge in [0.05, 0.1) is 23.3 Å². The highest BCUT2D eigenvalue weighted by Crippen LogP contribution is 2.34. The zero-order chi connectivity index (χ0) is 22.2. The minimum absolute atomic E-state index is 0.933. The molecule has 32 heavy (non-hydrogen) atoms. The minimum atomic E-state index is 0.933. The Morgan fingerprint density at radius 3 is 1.69 bits per heavy atom. The van der Waals surface area contributed by atoms with Crippen molar-refractivity contribution in [1.29, 1.82) is 0 Å². The second kappa shape index (κ2) is 10.5. The molecular formula is C29H29N3. The smallest absolute Gasteiger partial charge is 0.0652 e. The van der Waals surface area contributed by atoms with E-state index in [9.17, 15) is 0 Å². The summed E-state index contributed by atoms with van der Waals surface area (Å²) in [6.07, 6.45) is 1.99. The fourth-order valence-electron chi connectivity index (χ4n) is 3.95. The van der Waals surface area contributed by atoms with E-state index in [1.54, 1.807) is 0 Å². The van der Waals surface area contributed by atoms with Crippen molar-refractivity contribution in [2.75, 3.05) is 23.0 Å². The molecule has 0 aromatic heterocycles. The Labute approximate surface area is 191 Å². The number of rotatable bonds is 8. The molecule has 0 fully saturated rings. The Bertz CT molecular complexity index is 1100. The molecule has 3 nitrogen and oxygen atoms in total. The van der Waals surface area contributed by atoms with Crippen molar-refractivity contribution in [3.63, 3.8) is 0 Å². The average molecular weight is 420 g/mol. The van der Waals surface area contributed by atoms with Crippen molar-refractivity contribution in [2.24, 2.45) is 5.10 Å². The first-order valence-corrected chi connectivity index (χ1v) is 11.2. The number of para-hydroxylation sites is 3. The van der Waals surface area contributed by atoms with Gasteiger partial charge in [-0.1, -0.05) is 84.9 Å². The second-order valence-electron chi connectivity index (χ2n) is 7.51. The van der Waals surface area contributed by atoms with Crippen molar-refractivity contribution in [1.82, 2.24) is 0 Å². The largest absolute Gasteiger partial charge is 0.371 e. The van der Waals surface area contributed by atoms with Crippen molar-refractivity contribution in [3.8, 4) is 11.1 Å². The van der Waals surface area contributed by atoms with Gasteiger partial charge in [-0.25, -0.2) is 5.01 Å². The van der Waals surface area contributed by atoms with Gasteiger partial charge < -0.3 is 4.90 Å². The highest BCUT2D eigenvalue weighted by atomic mass is 15.5. The maximum atomic E-state index is 4.96. The van der Waals surface area contributed by atoms with E-state index in [1.165, 1.54) is 16.8 Å². The van der Waals surface area contributed by atoms with Gasteiger partial charge in [0.15, 0.2) is 0 Å². The van der Waals surface area contributed by atoms with Crippen LogP contribution in [-0.2, 0) is 0 Å². The molecule has 4 aromatic rings. The van der Waals surface area contributed by atoms with Crippen molar-refractivity contribution in [3.05, 3.63) is 115 Å². The molecule has 160 valence electrons. The van der Waals surface area contributed by atoms with Crippen LogP contribution in [0.25, 0.3) is 11.1 Å². The molecule has 0 N–H and O–H groups in total. The third-order valence-corrected chi connectivity index (χ3v) is 5.55. The maximum Gasteiger partial charge on any atom is 0.0652 e. The molecule has 0 unspecified atom stereocenters. The van der Waals surface area contributed by atoms with E-state index in [1.807, 2.05) is 47.6 Å². The summed E-state index contributed by atoms with van der Waals surface area (Å²) in [5, 5.41) is 6.95. The van der Waals surface area contributed by atoms with Gasteiger partial charge in [-0.3, -0.25) is 0 Å². The summed E-state index contributed by atoms with van der Waals surface area (Å²) in [5.41, 5.74) is 6.81.